The number of aromatic nitrogens is 4. The first-order valence-electron chi connectivity index (χ1n) is 13.7. The first kappa shape index (κ1) is 33.2. The molecule has 3 atom stereocenters. The predicted molar refractivity (Wildman–Crippen MR) is 153 cm³/mol. The van der Waals surface area contributed by atoms with E-state index in [9.17, 15) is 14.2 Å². The number of imidazole rings is 1. The second-order valence-corrected chi connectivity index (χ2v) is 12.3. The van der Waals surface area contributed by atoms with Gasteiger partial charge in [-0.05, 0) is 27.2 Å². The number of nitrogens with one attached hydrogen (secondary N) is 2. The molecule has 224 valence electrons. The van der Waals surface area contributed by atoms with Crippen LogP contribution < -0.4 is 15.9 Å². The Bertz CT molecular complexity index is 1170. The number of fused-ring (bicyclic) bond motifs is 1. The molecule has 0 saturated heterocycles. The minimum Gasteiger partial charge on any atom is -0.463 e. The van der Waals surface area contributed by atoms with Crippen LogP contribution in [0, 0.1) is 5.92 Å². The van der Waals surface area contributed by atoms with Gasteiger partial charge < -0.3 is 29.6 Å². The monoisotopic (exact) mass is 581 g/mol. The molecular weight excluding hydrogens is 537 g/mol. The molecule has 2 aromatic heterocycles. The summed E-state index contributed by atoms with van der Waals surface area (Å²) >= 11 is 0. The maximum absolute atomic E-state index is 13.9. The fourth-order valence-electron chi connectivity index (χ4n) is 3.65. The van der Waals surface area contributed by atoms with Crippen molar-refractivity contribution in [3.05, 3.63) is 24.9 Å². The number of ether oxygens (including phenoxy) is 3. The molecule has 4 N–H and O–H groups in total. The Kier molecular flexibility index (Phi) is 13.5. The zero-order chi connectivity index (χ0) is 29.7. The molecule has 0 aliphatic rings. The van der Waals surface area contributed by atoms with E-state index in [1.165, 1.54) is 6.33 Å². The van der Waals surface area contributed by atoms with Crippen molar-refractivity contribution in [2.45, 2.75) is 85.5 Å². The van der Waals surface area contributed by atoms with E-state index in [2.05, 4.69) is 38.6 Å². The number of carbonyl (C=O) groups is 2. The Morgan fingerprint density at radius 2 is 1.85 bits per heavy atom. The third-order valence-corrected chi connectivity index (χ3v) is 7.71. The van der Waals surface area contributed by atoms with Crippen LogP contribution in [0.25, 0.3) is 11.2 Å². The van der Waals surface area contributed by atoms with Crippen molar-refractivity contribution in [3.8, 4) is 0 Å². The summed E-state index contributed by atoms with van der Waals surface area (Å²) in [5.74, 6) is -1.45. The molecule has 0 aliphatic carbocycles. The van der Waals surface area contributed by atoms with Gasteiger partial charge in [0.15, 0.2) is 11.5 Å². The Hall–Kier alpha value is -3.02. The predicted octanol–water partition coefficient (Wildman–Crippen LogP) is 3.76. The van der Waals surface area contributed by atoms with Gasteiger partial charge in [-0.2, -0.15) is 0 Å². The average molecular weight is 582 g/mol. The molecule has 0 saturated carbocycles. The number of anilines is 1. The lowest BCUT2D eigenvalue weighted by Crippen LogP contribution is -2.34. The van der Waals surface area contributed by atoms with Crippen LogP contribution in [0.15, 0.2) is 24.9 Å². The normalized spacial score (nSPS) is 14.4. The summed E-state index contributed by atoms with van der Waals surface area (Å²) in [6.07, 6.45) is 6.96. The molecule has 13 nitrogen and oxygen atoms in total. The van der Waals surface area contributed by atoms with E-state index < -0.39 is 31.4 Å². The van der Waals surface area contributed by atoms with Gasteiger partial charge in [-0.1, -0.05) is 46.1 Å². The van der Waals surface area contributed by atoms with Crippen molar-refractivity contribution in [2.24, 2.45) is 5.92 Å². The van der Waals surface area contributed by atoms with Gasteiger partial charge in [-0.25, -0.2) is 24.8 Å². The molecule has 0 amide bonds. The highest BCUT2D eigenvalue weighted by atomic mass is 31.2. The van der Waals surface area contributed by atoms with Crippen LogP contribution in [0.4, 0.5) is 5.82 Å². The van der Waals surface area contributed by atoms with Gasteiger partial charge >= 0.3 is 11.9 Å². The summed E-state index contributed by atoms with van der Waals surface area (Å²) in [5.41, 5.74) is 6.72. The van der Waals surface area contributed by atoms with Crippen LogP contribution in [-0.4, -0.2) is 63.2 Å². The van der Waals surface area contributed by atoms with E-state index >= 15 is 0 Å². The topological polar surface area (TPSA) is 173 Å². The zero-order valence-corrected chi connectivity index (χ0v) is 25.1. The fourth-order valence-corrected chi connectivity index (χ4v) is 5.44. The van der Waals surface area contributed by atoms with E-state index in [0.29, 0.717) is 17.7 Å². The third-order valence-electron chi connectivity index (χ3n) is 5.87. The molecule has 0 spiro atoms. The van der Waals surface area contributed by atoms with Crippen LogP contribution in [0.2, 0.25) is 0 Å². The summed E-state index contributed by atoms with van der Waals surface area (Å²) in [4.78, 5) is 37.2. The van der Waals surface area contributed by atoms with E-state index in [0.717, 1.165) is 32.1 Å². The number of nitrogens with zero attached hydrogens (tertiary/aromatic N) is 4. The summed E-state index contributed by atoms with van der Waals surface area (Å²) in [7, 11) is -3.61. The van der Waals surface area contributed by atoms with Gasteiger partial charge in [0.25, 0.3) is 7.44 Å². The standard InChI is InChI=1S/C26H44N7O6P/c1-7-8-9-10-11-12-37-26(35)21(6)32-40(36,31-13-19(4)25(34)39-18(2)3)17-38-20(5)14-33-16-30-22-23(27)28-15-29-24(22)33/h15-16,18-20H,6-14,17H2,1-5H3,(H2,27,28,29)(H2,31,32,36)/t19-,20+,40?/m0/s1. The molecule has 0 radical (unpaired) electrons. The van der Waals surface area contributed by atoms with Crippen molar-refractivity contribution in [3.63, 3.8) is 0 Å². The lowest BCUT2D eigenvalue weighted by Gasteiger charge is -2.25. The van der Waals surface area contributed by atoms with Crippen molar-refractivity contribution < 1.29 is 28.4 Å². The number of nitrogen functional groups attached to an aromatic ring is 1. The van der Waals surface area contributed by atoms with Gasteiger partial charge in [0.05, 0.1) is 37.6 Å². The lowest BCUT2D eigenvalue weighted by atomic mass is 10.2. The number of esters is 2. The number of unbranched alkanes of at least 4 members (excludes halogenated alkanes) is 4. The van der Waals surface area contributed by atoms with Crippen molar-refractivity contribution in [1.29, 1.82) is 0 Å². The molecule has 2 aromatic rings. The average Bonchev–Trinajstić information content (AvgIpc) is 3.31. The van der Waals surface area contributed by atoms with Gasteiger partial charge in [0.2, 0.25) is 0 Å². The van der Waals surface area contributed by atoms with Gasteiger partial charge in [0.1, 0.15) is 23.9 Å². The van der Waals surface area contributed by atoms with Gasteiger partial charge in [-0.3, -0.25) is 9.36 Å². The molecule has 0 bridgehead atoms. The number of carbonyl (C=O) groups excluding carboxylic acids is 2. The maximum atomic E-state index is 13.9. The second kappa shape index (κ2) is 16.3. The molecular formula is C26H44N7O6P. The zero-order valence-electron chi connectivity index (χ0n) is 24.2. The molecule has 0 aliphatic heterocycles. The maximum Gasteiger partial charge on any atom is 0.354 e. The summed E-state index contributed by atoms with van der Waals surface area (Å²) in [6, 6.07) is 0. The van der Waals surface area contributed by atoms with Gasteiger partial charge in [-0.15, -0.1) is 0 Å². The fraction of sp³-hybridized carbons (Fsp3) is 0.654. The first-order valence-corrected chi connectivity index (χ1v) is 15.6. The van der Waals surface area contributed by atoms with Crippen molar-refractivity contribution in [2.75, 3.05) is 25.2 Å². The quantitative estimate of drug-likeness (QED) is 0.0950. The highest BCUT2D eigenvalue weighted by Gasteiger charge is 2.29. The Labute approximate surface area is 236 Å². The van der Waals surface area contributed by atoms with E-state index in [-0.39, 0.29) is 37.1 Å². The second-order valence-electron chi connectivity index (χ2n) is 10.1. The molecule has 0 aromatic carbocycles. The Balaban J connectivity index is 2.02. The molecule has 14 heteroatoms. The first-order chi connectivity index (χ1) is 19.0. The third kappa shape index (κ3) is 10.9. The SMILES string of the molecule is C=C(NP(=O)(CO[C@H](C)Cn1cnc2c(N)ncnc21)NC[C@H](C)C(=O)OC(C)C)C(=O)OCCCCCCC. The molecule has 40 heavy (non-hydrogen) atoms. The van der Waals surface area contributed by atoms with E-state index in [4.69, 9.17) is 19.9 Å². The molecule has 2 rings (SSSR count). The van der Waals surface area contributed by atoms with Crippen LogP contribution in [0.1, 0.15) is 66.7 Å². The van der Waals surface area contributed by atoms with Crippen molar-refractivity contribution in [1.82, 2.24) is 29.7 Å². The highest BCUT2D eigenvalue weighted by Crippen LogP contribution is 2.38. The highest BCUT2D eigenvalue weighted by molar-refractivity contribution is 7.59. The number of hydrogen-bond acceptors (Lipinski definition) is 10. The molecule has 0 fully saturated rings. The molecule has 2 heterocycles. The minimum atomic E-state index is -3.61. The smallest absolute Gasteiger partial charge is 0.354 e. The largest absolute Gasteiger partial charge is 0.463 e. The van der Waals surface area contributed by atoms with Crippen LogP contribution in [0.5, 0.6) is 0 Å². The van der Waals surface area contributed by atoms with Crippen molar-refractivity contribution >= 4 is 36.4 Å². The van der Waals surface area contributed by atoms with Gasteiger partial charge in [0, 0.05) is 6.54 Å². The van der Waals surface area contributed by atoms with E-state index in [1.54, 1.807) is 38.6 Å². The summed E-state index contributed by atoms with van der Waals surface area (Å²) in [5, 5.41) is 5.55. The summed E-state index contributed by atoms with van der Waals surface area (Å²) < 4.78 is 32.1. The number of nitrogens with two attached hydrogens (primary N) is 1. The summed E-state index contributed by atoms with van der Waals surface area (Å²) in [6.45, 7) is 13.4. The lowest BCUT2D eigenvalue weighted by molar-refractivity contribution is -0.151. The molecule has 1 unspecified atom stereocenters. The Morgan fingerprint density at radius 3 is 2.55 bits per heavy atom. The van der Waals surface area contributed by atoms with E-state index in [1.807, 2.05) is 0 Å². The Morgan fingerprint density at radius 1 is 1.12 bits per heavy atom. The minimum absolute atomic E-state index is 0.0235. The van der Waals surface area contributed by atoms with Crippen LogP contribution >= 0.6 is 7.44 Å². The number of rotatable bonds is 19. The number of hydrogen-bond donors (Lipinski definition) is 3. The van der Waals surface area contributed by atoms with Crippen LogP contribution in [0.3, 0.4) is 0 Å². The van der Waals surface area contributed by atoms with Crippen LogP contribution in [-0.2, 0) is 34.9 Å².